The van der Waals surface area contributed by atoms with Gasteiger partial charge in [0.2, 0.25) is 0 Å². The van der Waals surface area contributed by atoms with Gasteiger partial charge in [-0.3, -0.25) is 0 Å². The van der Waals surface area contributed by atoms with E-state index < -0.39 is 0 Å². The molecular formula is C18H27NO. The minimum atomic E-state index is 0.326. The molecule has 1 aromatic carbocycles. The molecule has 2 fully saturated rings. The molecule has 0 saturated heterocycles. The zero-order chi connectivity index (χ0) is 13.9. The number of benzene rings is 1. The van der Waals surface area contributed by atoms with Crippen LogP contribution in [0.15, 0.2) is 24.3 Å². The molecule has 0 amide bonds. The van der Waals surface area contributed by atoms with Crippen molar-refractivity contribution >= 4 is 0 Å². The Balaban J connectivity index is 1.81. The Hall–Kier alpha value is -0.860. The fraction of sp³-hybridized carbons (Fsp3) is 0.667. The highest BCUT2D eigenvalue weighted by Crippen LogP contribution is 2.41. The van der Waals surface area contributed by atoms with Crippen molar-refractivity contribution in [1.29, 1.82) is 0 Å². The summed E-state index contributed by atoms with van der Waals surface area (Å²) in [6, 6.07) is 9.56. The monoisotopic (exact) mass is 273 g/mol. The maximum Gasteiger partial charge on any atom is 0.0794 e. The number of likely N-dealkylation sites (N-methyl/N-ethyl adjacent to an activating group) is 1. The van der Waals surface area contributed by atoms with Gasteiger partial charge < -0.3 is 10.1 Å². The molecule has 2 heteroatoms. The highest BCUT2D eigenvalue weighted by molar-refractivity contribution is 5.30. The van der Waals surface area contributed by atoms with Gasteiger partial charge in [0, 0.05) is 7.11 Å². The Labute approximate surface area is 122 Å². The number of hydrogen-bond donors (Lipinski definition) is 1. The van der Waals surface area contributed by atoms with E-state index >= 15 is 0 Å². The first-order chi connectivity index (χ1) is 9.83. The fourth-order valence-corrected chi connectivity index (χ4v) is 3.42. The molecular weight excluding hydrogens is 246 g/mol. The van der Waals surface area contributed by atoms with E-state index in [0.717, 1.165) is 18.4 Å². The quantitative estimate of drug-likeness (QED) is 0.810. The third-order valence-corrected chi connectivity index (χ3v) is 4.96. The molecule has 110 valence electrons. The van der Waals surface area contributed by atoms with E-state index in [9.17, 15) is 0 Å². The smallest absolute Gasteiger partial charge is 0.0794 e. The van der Waals surface area contributed by atoms with E-state index in [1.165, 1.54) is 43.2 Å². The van der Waals surface area contributed by atoms with Crippen molar-refractivity contribution in [3.05, 3.63) is 35.4 Å². The number of hydrogen-bond acceptors (Lipinski definition) is 2. The summed E-state index contributed by atoms with van der Waals surface area (Å²) in [5.41, 5.74) is 2.94. The Bertz CT molecular complexity index is 437. The molecule has 0 radical (unpaired) electrons. The van der Waals surface area contributed by atoms with E-state index in [0.29, 0.717) is 12.1 Å². The third-order valence-electron chi connectivity index (χ3n) is 4.96. The van der Waals surface area contributed by atoms with Crippen LogP contribution in [0.5, 0.6) is 0 Å². The second-order valence-corrected chi connectivity index (χ2v) is 6.37. The van der Waals surface area contributed by atoms with Crippen LogP contribution in [0.25, 0.3) is 0 Å². The van der Waals surface area contributed by atoms with Crippen LogP contribution in [-0.2, 0) is 4.74 Å². The lowest BCUT2D eigenvalue weighted by atomic mass is 9.79. The largest absolute Gasteiger partial charge is 0.379 e. The summed E-state index contributed by atoms with van der Waals surface area (Å²) in [6.07, 6.45) is 7.10. The first-order valence-corrected chi connectivity index (χ1v) is 8.19. The molecule has 1 aromatic rings. The van der Waals surface area contributed by atoms with Gasteiger partial charge >= 0.3 is 0 Å². The highest BCUT2D eigenvalue weighted by Gasteiger charge is 2.37. The van der Waals surface area contributed by atoms with Crippen molar-refractivity contribution in [1.82, 2.24) is 5.32 Å². The van der Waals surface area contributed by atoms with Gasteiger partial charge in [0.1, 0.15) is 0 Å². The zero-order valence-electron chi connectivity index (χ0n) is 12.8. The number of methoxy groups -OCH3 is 1. The molecule has 2 aliphatic rings. The van der Waals surface area contributed by atoms with Crippen LogP contribution in [0, 0.1) is 5.92 Å². The lowest BCUT2D eigenvalue weighted by molar-refractivity contribution is 0.0511. The summed E-state index contributed by atoms with van der Waals surface area (Å²) in [7, 11) is 1.86. The van der Waals surface area contributed by atoms with Gasteiger partial charge in [-0.1, -0.05) is 37.6 Å². The average molecular weight is 273 g/mol. The maximum absolute atomic E-state index is 5.82. The van der Waals surface area contributed by atoms with Gasteiger partial charge in [-0.15, -0.1) is 0 Å². The Morgan fingerprint density at radius 1 is 1.25 bits per heavy atom. The maximum atomic E-state index is 5.82. The summed E-state index contributed by atoms with van der Waals surface area (Å²) in [4.78, 5) is 0. The summed E-state index contributed by atoms with van der Waals surface area (Å²) >= 11 is 0. The standard InChI is InChI=1S/C18H27NO/c1-3-19-17(18(20-2)14-10-11-14)16-9-5-8-15(12-16)13-6-4-7-13/h5,8-9,12-14,17-19H,3-4,6-7,10-11H2,1-2H3. The van der Waals surface area contributed by atoms with Crippen LogP contribution in [0.2, 0.25) is 0 Å². The second kappa shape index (κ2) is 6.28. The molecule has 20 heavy (non-hydrogen) atoms. The van der Waals surface area contributed by atoms with Crippen molar-refractivity contribution in [2.75, 3.05) is 13.7 Å². The molecule has 2 aliphatic carbocycles. The summed E-state index contributed by atoms with van der Waals surface area (Å²) in [5.74, 6) is 1.55. The fourth-order valence-electron chi connectivity index (χ4n) is 3.42. The van der Waals surface area contributed by atoms with E-state index in [2.05, 4.69) is 36.5 Å². The van der Waals surface area contributed by atoms with E-state index in [-0.39, 0.29) is 0 Å². The van der Waals surface area contributed by atoms with Crippen molar-refractivity contribution in [2.45, 2.75) is 57.1 Å². The lowest BCUT2D eigenvalue weighted by Gasteiger charge is -2.30. The number of ether oxygens (including phenoxy) is 1. The van der Waals surface area contributed by atoms with Crippen LogP contribution in [0.1, 0.15) is 62.1 Å². The summed E-state index contributed by atoms with van der Waals surface area (Å²) < 4.78 is 5.82. The van der Waals surface area contributed by atoms with Crippen molar-refractivity contribution in [3.8, 4) is 0 Å². The zero-order valence-corrected chi connectivity index (χ0v) is 12.8. The minimum Gasteiger partial charge on any atom is -0.379 e. The first kappa shape index (κ1) is 14.1. The van der Waals surface area contributed by atoms with E-state index in [1.807, 2.05) is 7.11 Å². The van der Waals surface area contributed by atoms with Crippen LogP contribution in [-0.4, -0.2) is 19.8 Å². The van der Waals surface area contributed by atoms with Crippen LogP contribution >= 0.6 is 0 Å². The van der Waals surface area contributed by atoms with E-state index in [1.54, 1.807) is 0 Å². The van der Waals surface area contributed by atoms with Gasteiger partial charge in [0.15, 0.2) is 0 Å². The molecule has 0 bridgehead atoms. The molecule has 2 saturated carbocycles. The summed E-state index contributed by atoms with van der Waals surface area (Å²) in [5, 5.41) is 3.65. The van der Waals surface area contributed by atoms with Crippen LogP contribution in [0.4, 0.5) is 0 Å². The van der Waals surface area contributed by atoms with Crippen molar-refractivity contribution in [3.63, 3.8) is 0 Å². The Morgan fingerprint density at radius 2 is 2.05 bits per heavy atom. The predicted molar refractivity (Wildman–Crippen MR) is 83.0 cm³/mol. The molecule has 2 atom stereocenters. The van der Waals surface area contributed by atoms with Crippen molar-refractivity contribution < 1.29 is 4.74 Å². The van der Waals surface area contributed by atoms with Crippen molar-refractivity contribution in [2.24, 2.45) is 5.92 Å². The first-order valence-electron chi connectivity index (χ1n) is 8.19. The molecule has 2 unspecified atom stereocenters. The van der Waals surface area contributed by atoms with Crippen LogP contribution < -0.4 is 5.32 Å². The Kier molecular flexibility index (Phi) is 4.42. The van der Waals surface area contributed by atoms with Gasteiger partial charge in [-0.25, -0.2) is 0 Å². The lowest BCUT2D eigenvalue weighted by Crippen LogP contribution is -2.34. The third kappa shape index (κ3) is 2.91. The molecule has 1 N–H and O–H groups in total. The van der Waals surface area contributed by atoms with Gasteiger partial charge in [0.05, 0.1) is 12.1 Å². The number of nitrogens with one attached hydrogen (secondary N) is 1. The second-order valence-electron chi connectivity index (χ2n) is 6.37. The highest BCUT2D eigenvalue weighted by atomic mass is 16.5. The number of rotatable bonds is 7. The van der Waals surface area contributed by atoms with Gasteiger partial charge in [-0.2, -0.15) is 0 Å². The average Bonchev–Trinajstić information content (AvgIpc) is 3.22. The Morgan fingerprint density at radius 3 is 2.60 bits per heavy atom. The van der Waals surface area contributed by atoms with Gasteiger partial charge in [-0.05, 0) is 55.2 Å². The molecule has 2 nitrogen and oxygen atoms in total. The summed E-state index contributed by atoms with van der Waals surface area (Å²) in [6.45, 7) is 3.17. The van der Waals surface area contributed by atoms with Crippen LogP contribution in [0.3, 0.4) is 0 Å². The normalized spacial score (nSPS) is 22.3. The predicted octanol–water partition coefficient (Wildman–Crippen LogP) is 4.03. The van der Waals surface area contributed by atoms with E-state index in [4.69, 9.17) is 4.74 Å². The molecule has 3 rings (SSSR count). The SMILES string of the molecule is CCNC(c1cccc(C2CCC2)c1)C(OC)C1CC1. The van der Waals surface area contributed by atoms with Gasteiger partial charge in [0.25, 0.3) is 0 Å². The molecule has 0 spiro atoms. The molecule has 0 aliphatic heterocycles. The molecule has 0 aromatic heterocycles. The minimum absolute atomic E-state index is 0.326. The molecule has 0 heterocycles. The topological polar surface area (TPSA) is 21.3 Å².